The Hall–Kier alpha value is -0.780. The summed E-state index contributed by atoms with van der Waals surface area (Å²) in [6.45, 7) is 2.28. The number of hydrogen-bond donors (Lipinski definition) is 2. The van der Waals surface area contributed by atoms with Crippen molar-refractivity contribution in [2.45, 2.75) is 43.9 Å². The quantitative estimate of drug-likeness (QED) is 0.838. The molecule has 1 fully saturated rings. The van der Waals surface area contributed by atoms with Crippen LogP contribution in [-0.4, -0.2) is 15.0 Å². The summed E-state index contributed by atoms with van der Waals surface area (Å²) in [6, 6.07) is 3.02. The van der Waals surface area contributed by atoms with Crippen LogP contribution in [0.2, 0.25) is 5.02 Å². The summed E-state index contributed by atoms with van der Waals surface area (Å²) in [5.41, 5.74) is 6.99. The van der Waals surface area contributed by atoms with E-state index >= 15 is 0 Å². The van der Waals surface area contributed by atoms with Crippen LogP contribution in [0, 0.1) is 12.8 Å². The summed E-state index contributed by atoms with van der Waals surface area (Å²) < 4.78 is 27.3. The van der Waals surface area contributed by atoms with E-state index in [1.807, 2.05) is 0 Å². The van der Waals surface area contributed by atoms with Crippen LogP contribution in [0.3, 0.4) is 0 Å². The molecule has 0 radical (unpaired) electrons. The Bertz CT molecular complexity index is 581. The molecule has 0 atom stereocenters. The van der Waals surface area contributed by atoms with Gasteiger partial charge in [-0.05, 0) is 43.4 Å². The van der Waals surface area contributed by atoms with Crippen molar-refractivity contribution in [1.29, 1.82) is 0 Å². The molecule has 1 saturated carbocycles. The van der Waals surface area contributed by atoms with Crippen LogP contribution < -0.4 is 10.5 Å². The van der Waals surface area contributed by atoms with Gasteiger partial charge < -0.3 is 5.73 Å². The SMILES string of the molecule is Cc1cc(Cl)c(S(=O)(=O)NCC2CCCCC2)cc1N. The first-order valence-electron chi connectivity index (χ1n) is 6.95. The van der Waals surface area contributed by atoms with Gasteiger partial charge in [0, 0.05) is 12.2 Å². The highest BCUT2D eigenvalue weighted by molar-refractivity contribution is 7.89. The molecule has 1 aromatic rings. The summed E-state index contributed by atoms with van der Waals surface area (Å²) in [5, 5.41) is 0.216. The fourth-order valence-corrected chi connectivity index (χ4v) is 4.30. The number of nitrogens with two attached hydrogens (primary N) is 1. The lowest BCUT2D eigenvalue weighted by Crippen LogP contribution is -2.30. The Morgan fingerprint density at radius 1 is 1.30 bits per heavy atom. The van der Waals surface area contributed by atoms with Crippen molar-refractivity contribution in [1.82, 2.24) is 4.72 Å². The molecule has 0 heterocycles. The van der Waals surface area contributed by atoms with Crippen LogP contribution in [-0.2, 0) is 10.0 Å². The Kier molecular flexibility index (Phi) is 4.94. The van der Waals surface area contributed by atoms with Gasteiger partial charge in [0.05, 0.1) is 5.02 Å². The Morgan fingerprint density at radius 3 is 2.60 bits per heavy atom. The summed E-state index contributed by atoms with van der Waals surface area (Å²) >= 11 is 6.03. The van der Waals surface area contributed by atoms with Crippen LogP contribution in [0.15, 0.2) is 17.0 Å². The van der Waals surface area contributed by atoms with Gasteiger partial charge in [-0.1, -0.05) is 30.9 Å². The van der Waals surface area contributed by atoms with Gasteiger partial charge in [0.2, 0.25) is 10.0 Å². The third-order valence-electron chi connectivity index (χ3n) is 3.90. The average Bonchev–Trinajstić information content (AvgIpc) is 2.42. The van der Waals surface area contributed by atoms with Gasteiger partial charge in [-0.15, -0.1) is 0 Å². The maximum absolute atomic E-state index is 12.3. The number of halogens is 1. The molecule has 0 aromatic heterocycles. The zero-order valence-electron chi connectivity index (χ0n) is 11.7. The molecule has 1 aliphatic carbocycles. The fourth-order valence-electron chi connectivity index (χ4n) is 2.57. The van der Waals surface area contributed by atoms with Crippen molar-refractivity contribution in [3.8, 4) is 0 Å². The zero-order chi connectivity index (χ0) is 14.8. The van der Waals surface area contributed by atoms with E-state index < -0.39 is 10.0 Å². The molecule has 0 unspecified atom stereocenters. The molecule has 0 bridgehead atoms. The van der Waals surface area contributed by atoms with Gasteiger partial charge in [-0.3, -0.25) is 0 Å². The number of anilines is 1. The number of nitrogens with one attached hydrogen (secondary N) is 1. The first kappa shape index (κ1) is 15.6. The Labute approximate surface area is 125 Å². The lowest BCUT2D eigenvalue weighted by atomic mass is 9.90. The molecule has 20 heavy (non-hydrogen) atoms. The van der Waals surface area contributed by atoms with E-state index in [0.29, 0.717) is 18.2 Å². The molecule has 6 heteroatoms. The van der Waals surface area contributed by atoms with Crippen LogP contribution in [0.4, 0.5) is 5.69 Å². The van der Waals surface area contributed by atoms with Crippen LogP contribution in [0.25, 0.3) is 0 Å². The van der Waals surface area contributed by atoms with Gasteiger partial charge in [0.25, 0.3) is 0 Å². The van der Waals surface area contributed by atoms with Gasteiger partial charge in [-0.2, -0.15) is 0 Å². The summed E-state index contributed by atoms with van der Waals surface area (Å²) in [7, 11) is -3.59. The van der Waals surface area contributed by atoms with Crippen LogP contribution >= 0.6 is 11.6 Å². The van der Waals surface area contributed by atoms with Gasteiger partial charge >= 0.3 is 0 Å². The highest BCUT2D eigenvalue weighted by Crippen LogP contribution is 2.27. The predicted molar refractivity (Wildman–Crippen MR) is 82.4 cm³/mol. The third-order valence-corrected chi connectivity index (χ3v) is 5.79. The second-order valence-corrected chi connectivity index (χ2v) is 7.64. The minimum Gasteiger partial charge on any atom is -0.398 e. The largest absolute Gasteiger partial charge is 0.398 e. The molecule has 2 rings (SSSR count). The number of rotatable bonds is 4. The Balaban J connectivity index is 2.11. The zero-order valence-corrected chi connectivity index (χ0v) is 13.2. The monoisotopic (exact) mass is 316 g/mol. The first-order valence-corrected chi connectivity index (χ1v) is 8.81. The van der Waals surface area contributed by atoms with Crippen molar-refractivity contribution in [3.63, 3.8) is 0 Å². The maximum atomic E-state index is 12.3. The van der Waals surface area contributed by atoms with Gasteiger partial charge in [0.15, 0.2) is 0 Å². The molecular weight excluding hydrogens is 296 g/mol. The van der Waals surface area contributed by atoms with Gasteiger partial charge in [-0.25, -0.2) is 13.1 Å². The topological polar surface area (TPSA) is 72.2 Å². The number of sulfonamides is 1. The number of aryl methyl sites for hydroxylation is 1. The molecule has 4 nitrogen and oxygen atoms in total. The van der Waals surface area contributed by atoms with E-state index in [1.165, 1.54) is 25.3 Å². The third kappa shape index (κ3) is 3.65. The van der Waals surface area contributed by atoms with Crippen LogP contribution in [0.5, 0.6) is 0 Å². The molecule has 1 aromatic carbocycles. The van der Waals surface area contributed by atoms with Crippen molar-refractivity contribution in [2.75, 3.05) is 12.3 Å². The van der Waals surface area contributed by atoms with Gasteiger partial charge in [0.1, 0.15) is 4.90 Å². The second kappa shape index (κ2) is 6.33. The predicted octanol–water partition coefficient (Wildman–Crippen LogP) is 3.09. The highest BCUT2D eigenvalue weighted by atomic mass is 35.5. The number of nitrogen functional groups attached to an aromatic ring is 1. The Morgan fingerprint density at radius 2 is 1.95 bits per heavy atom. The minimum absolute atomic E-state index is 0.0677. The number of benzene rings is 1. The van der Waals surface area contributed by atoms with E-state index in [1.54, 1.807) is 13.0 Å². The number of hydrogen-bond acceptors (Lipinski definition) is 3. The van der Waals surface area contributed by atoms with E-state index in [0.717, 1.165) is 18.4 Å². The van der Waals surface area contributed by atoms with Crippen molar-refractivity contribution in [2.24, 2.45) is 5.92 Å². The normalized spacial score (nSPS) is 17.3. The van der Waals surface area contributed by atoms with Crippen molar-refractivity contribution < 1.29 is 8.42 Å². The lowest BCUT2D eigenvalue weighted by Gasteiger charge is -2.22. The average molecular weight is 317 g/mol. The van der Waals surface area contributed by atoms with E-state index in [4.69, 9.17) is 17.3 Å². The van der Waals surface area contributed by atoms with E-state index in [9.17, 15) is 8.42 Å². The highest BCUT2D eigenvalue weighted by Gasteiger charge is 2.21. The smallest absolute Gasteiger partial charge is 0.242 e. The first-order chi connectivity index (χ1) is 9.40. The maximum Gasteiger partial charge on any atom is 0.242 e. The fraction of sp³-hybridized carbons (Fsp3) is 0.571. The molecule has 1 aliphatic rings. The molecular formula is C14H21ClN2O2S. The van der Waals surface area contributed by atoms with E-state index in [2.05, 4.69) is 4.72 Å². The van der Waals surface area contributed by atoms with E-state index in [-0.39, 0.29) is 9.92 Å². The second-order valence-electron chi connectivity index (χ2n) is 5.50. The molecule has 0 spiro atoms. The van der Waals surface area contributed by atoms with Crippen molar-refractivity contribution >= 4 is 27.3 Å². The summed E-state index contributed by atoms with van der Waals surface area (Å²) in [5.74, 6) is 0.431. The lowest BCUT2D eigenvalue weighted by molar-refractivity contribution is 0.357. The minimum atomic E-state index is -3.59. The molecule has 112 valence electrons. The molecule has 3 N–H and O–H groups in total. The standard InChI is InChI=1S/C14H21ClN2O2S/c1-10-7-12(15)14(8-13(10)16)20(18,19)17-9-11-5-3-2-4-6-11/h7-8,11,17H,2-6,9,16H2,1H3. The molecule has 0 amide bonds. The summed E-state index contributed by atoms with van der Waals surface area (Å²) in [4.78, 5) is 0.0677. The van der Waals surface area contributed by atoms with Crippen molar-refractivity contribution in [3.05, 3.63) is 22.7 Å². The van der Waals surface area contributed by atoms with Crippen LogP contribution in [0.1, 0.15) is 37.7 Å². The molecule has 0 aliphatic heterocycles. The molecule has 0 saturated heterocycles. The summed E-state index contributed by atoms with van der Waals surface area (Å²) in [6.07, 6.45) is 5.80.